The summed E-state index contributed by atoms with van der Waals surface area (Å²) in [6.45, 7) is 9.03. The maximum atomic E-state index is 12.5. The molecule has 1 aliphatic heterocycles. The molecule has 0 aromatic carbocycles. The van der Waals surface area contributed by atoms with Crippen molar-refractivity contribution in [1.82, 2.24) is 14.9 Å². The maximum Gasteiger partial charge on any atom is 0.323 e. The Hall–Kier alpha value is -2.66. The van der Waals surface area contributed by atoms with Crippen LogP contribution in [0.2, 0.25) is 0 Å². The monoisotopic (exact) mass is 370 g/mol. The number of anilines is 2. The van der Waals surface area contributed by atoms with Crippen molar-refractivity contribution in [2.75, 3.05) is 36.4 Å². The lowest BCUT2D eigenvalue weighted by molar-refractivity contribution is 0.208. The van der Waals surface area contributed by atoms with Crippen molar-refractivity contribution in [3.8, 4) is 6.07 Å². The van der Waals surface area contributed by atoms with Gasteiger partial charge < -0.3 is 9.80 Å². The smallest absolute Gasteiger partial charge is 0.323 e. The SMILES string of the molecule is CC(C)(C)c1cnc(NC(=O)N2CCN(c3ccc(C#N)cn3)CC2)s1. The topological polar surface area (TPSA) is 85.2 Å². The zero-order valence-corrected chi connectivity index (χ0v) is 16.0. The van der Waals surface area contributed by atoms with E-state index in [0.29, 0.717) is 36.9 Å². The number of hydrogen-bond donors (Lipinski definition) is 1. The lowest BCUT2D eigenvalue weighted by atomic mass is 9.96. The van der Waals surface area contributed by atoms with E-state index >= 15 is 0 Å². The van der Waals surface area contributed by atoms with Gasteiger partial charge in [0.15, 0.2) is 5.13 Å². The fourth-order valence-corrected chi connectivity index (χ4v) is 3.49. The molecule has 1 fully saturated rings. The van der Waals surface area contributed by atoms with Gasteiger partial charge in [-0.05, 0) is 17.5 Å². The molecule has 0 radical (unpaired) electrons. The Morgan fingerprint density at radius 1 is 1.19 bits per heavy atom. The van der Waals surface area contributed by atoms with Crippen molar-refractivity contribution in [2.24, 2.45) is 0 Å². The highest BCUT2D eigenvalue weighted by molar-refractivity contribution is 7.15. The quantitative estimate of drug-likeness (QED) is 0.878. The van der Waals surface area contributed by atoms with Crippen LogP contribution in [0.1, 0.15) is 31.2 Å². The molecular weight excluding hydrogens is 348 g/mol. The molecule has 0 aliphatic carbocycles. The van der Waals surface area contributed by atoms with E-state index in [-0.39, 0.29) is 11.4 Å². The summed E-state index contributed by atoms with van der Waals surface area (Å²) in [5.74, 6) is 0.832. The van der Waals surface area contributed by atoms with Crippen LogP contribution in [0.15, 0.2) is 24.5 Å². The van der Waals surface area contributed by atoms with Crippen molar-refractivity contribution in [1.29, 1.82) is 5.26 Å². The van der Waals surface area contributed by atoms with E-state index in [0.717, 1.165) is 10.7 Å². The Balaban J connectivity index is 1.55. The number of rotatable bonds is 2. The summed E-state index contributed by atoms with van der Waals surface area (Å²) in [4.78, 5) is 26.1. The van der Waals surface area contributed by atoms with Crippen LogP contribution in [-0.4, -0.2) is 47.1 Å². The molecule has 3 rings (SSSR count). The van der Waals surface area contributed by atoms with Gasteiger partial charge in [-0.25, -0.2) is 14.8 Å². The fourth-order valence-electron chi connectivity index (χ4n) is 2.63. The minimum absolute atomic E-state index is 0.0281. The van der Waals surface area contributed by atoms with E-state index in [1.54, 1.807) is 17.2 Å². The Kier molecular flexibility index (Phi) is 5.09. The van der Waals surface area contributed by atoms with Crippen LogP contribution in [0.5, 0.6) is 0 Å². The number of nitriles is 1. The van der Waals surface area contributed by atoms with Crippen LogP contribution in [-0.2, 0) is 5.41 Å². The Bertz CT molecular complexity index is 809. The highest BCUT2D eigenvalue weighted by Gasteiger charge is 2.23. The van der Waals surface area contributed by atoms with Crippen LogP contribution in [0, 0.1) is 11.3 Å². The maximum absolute atomic E-state index is 12.5. The lowest BCUT2D eigenvalue weighted by Crippen LogP contribution is -2.50. The van der Waals surface area contributed by atoms with Crippen molar-refractivity contribution in [3.63, 3.8) is 0 Å². The molecule has 26 heavy (non-hydrogen) atoms. The number of nitrogens with one attached hydrogen (secondary N) is 1. The van der Waals surface area contributed by atoms with Gasteiger partial charge in [0.05, 0.1) is 5.56 Å². The Morgan fingerprint density at radius 3 is 2.46 bits per heavy atom. The standard InChI is InChI=1S/C18H22N6OS/c1-18(2,3)14-12-21-16(26-14)22-17(25)24-8-6-23(7-9-24)15-5-4-13(10-19)11-20-15/h4-5,11-12H,6-9H2,1-3H3,(H,21,22,25). The molecule has 0 unspecified atom stereocenters. The molecule has 3 heterocycles. The van der Waals surface area contributed by atoms with Crippen LogP contribution in [0.25, 0.3) is 0 Å². The third kappa shape index (κ3) is 4.11. The number of thiazole rings is 1. The summed E-state index contributed by atoms with van der Waals surface area (Å²) in [6, 6.07) is 5.55. The molecule has 1 saturated heterocycles. The molecule has 8 heteroatoms. The third-order valence-corrected chi connectivity index (χ3v) is 5.57. The molecule has 0 saturated carbocycles. The van der Waals surface area contributed by atoms with Crippen molar-refractivity contribution in [2.45, 2.75) is 26.2 Å². The lowest BCUT2D eigenvalue weighted by Gasteiger charge is -2.35. The second kappa shape index (κ2) is 7.30. The second-order valence-electron chi connectivity index (χ2n) is 7.20. The molecule has 1 aliphatic rings. The van der Waals surface area contributed by atoms with Crippen LogP contribution in [0.4, 0.5) is 15.7 Å². The zero-order valence-electron chi connectivity index (χ0n) is 15.2. The van der Waals surface area contributed by atoms with Crippen LogP contribution >= 0.6 is 11.3 Å². The molecule has 136 valence electrons. The summed E-state index contributed by atoms with van der Waals surface area (Å²) in [5, 5.41) is 12.4. The first-order chi connectivity index (χ1) is 12.4. The third-order valence-electron chi connectivity index (χ3n) is 4.23. The molecule has 0 bridgehead atoms. The van der Waals surface area contributed by atoms with Gasteiger partial charge in [0.25, 0.3) is 0 Å². The van der Waals surface area contributed by atoms with E-state index in [2.05, 4.69) is 47.0 Å². The van der Waals surface area contributed by atoms with Gasteiger partial charge in [0.2, 0.25) is 0 Å². The number of carbonyl (C=O) groups excluding carboxylic acids is 1. The predicted octanol–water partition coefficient (Wildman–Crippen LogP) is 3.06. The minimum atomic E-state index is -0.118. The summed E-state index contributed by atoms with van der Waals surface area (Å²) in [7, 11) is 0. The van der Waals surface area contributed by atoms with Crippen molar-refractivity contribution in [3.05, 3.63) is 35.0 Å². The van der Waals surface area contributed by atoms with Crippen molar-refractivity contribution >= 4 is 28.3 Å². The van der Waals surface area contributed by atoms with Crippen LogP contribution < -0.4 is 10.2 Å². The number of amides is 2. The minimum Gasteiger partial charge on any atom is -0.353 e. The summed E-state index contributed by atoms with van der Waals surface area (Å²) < 4.78 is 0. The zero-order chi connectivity index (χ0) is 18.7. The average Bonchev–Trinajstić information content (AvgIpc) is 3.11. The second-order valence-corrected chi connectivity index (χ2v) is 8.23. The number of pyridine rings is 1. The summed E-state index contributed by atoms with van der Waals surface area (Å²) in [6.07, 6.45) is 3.40. The molecule has 2 aromatic rings. The molecule has 0 spiro atoms. The van der Waals surface area contributed by atoms with Gasteiger partial charge in [-0.15, -0.1) is 11.3 Å². The van der Waals surface area contributed by atoms with Gasteiger partial charge >= 0.3 is 6.03 Å². The van der Waals surface area contributed by atoms with Crippen molar-refractivity contribution < 1.29 is 4.79 Å². The number of nitrogens with zero attached hydrogens (tertiary/aromatic N) is 5. The van der Waals surface area contributed by atoms with E-state index in [1.807, 2.05) is 12.3 Å². The number of aromatic nitrogens is 2. The van der Waals surface area contributed by atoms with Gasteiger partial charge in [0, 0.05) is 43.4 Å². The molecule has 2 amide bonds. The van der Waals surface area contributed by atoms with E-state index in [4.69, 9.17) is 5.26 Å². The molecule has 2 aromatic heterocycles. The van der Waals surface area contributed by atoms with Gasteiger partial charge in [0.1, 0.15) is 11.9 Å². The summed E-state index contributed by atoms with van der Waals surface area (Å²) in [5.41, 5.74) is 0.574. The number of urea groups is 1. The largest absolute Gasteiger partial charge is 0.353 e. The number of hydrogen-bond acceptors (Lipinski definition) is 6. The first-order valence-corrected chi connectivity index (χ1v) is 9.32. The molecule has 0 atom stereocenters. The highest BCUT2D eigenvalue weighted by atomic mass is 32.1. The van der Waals surface area contributed by atoms with E-state index < -0.39 is 0 Å². The Labute approximate surface area is 157 Å². The molecular formula is C18H22N6OS. The normalized spacial score (nSPS) is 14.8. The summed E-state index contributed by atoms with van der Waals surface area (Å²) >= 11 is 1.52. The molecule has 7 nitrogen and oxygen atoms in total. The first-order valence-electron chi connectivity index (χ1n) is 8.50. The van der Waals surface area contributed by atoms with E-state index in [9.17, 15) is 4.79 Å². The van der Waals surface area contributed by atoms with Gasteiger partial charge in [-0.2, -0.15) is 5.26 Å². The molecule has 1 N–H and O–H groups in total. The average molecular weight is 370 g/mol. The van der Waals surface area contributed by atoms with Gasteiger partial charge in [-0.3, -0.25) is 5.32 Å². The van der Waals surface area contributed by atoms with Crippen LogP contribution in [0.3, 0.4) is 0 Å². The van der Waals surface area contributed by atoms with E-state index in [1.165, 1.54) is 11.3 Å². The fraction of sp³-hybridized carbons (Fsp3) is 0.444. The highest BCUT2D eigenvalue weighted by Crippen LogP contribution is 2.30. The Morgan fingerprint density at radius 2 is 1.92 bits per heavy atom. The van der Waals surface area contributed by atoms with Gasteiger partial charge in [-0.1, -0.05) is 20.8 Å². The predicted molar refractivity (Wildman–Crippen MR) is 103 cm³/mol. The number of carbonyl (C=O) groups is 1. The number of piperazine rings is 1. The first kappa shape index (κ1) is 18.1.